The first-order chi connectivity index (χ1) is 16.3. The van der Waals surface area contributed by atoms with Crippen molar-refractivity contribution in [3.8, 4) is 0 Å². The first kappa shape index (κ1) is 23.8. The summed E-state index contributed by atoms with van der Waals surface area (Å²) in [4.78, 5) is 25.8. The Bertz CT molecular complexity index is 1060. The molecule has 4 fully saturated rings. The Hall–Kier alpha value is -1.54. The molecule has 0 aromatic carbocycles. The Morgan fingerprint density at radius 2 is 1.86 bits per heavy atom. The van der Waals surface area contributed by atoms with Crippen LogP contribution >= 0.6 is 0 Å². The second-order valence-electron chi connectivity index (χ2n) is 12.9. The van der Waals surface area contributed by atoms with Gasteiger partial charge in [-0.05, 0) is 94.6 Å². The lowest BCUT2D eigenvalue weighted by atomic mass is 9.44. The maximum absolute atomic E-state index is 13.3. The van der Waals surface area contributed by atoms with Crippen LogP contribution in [0.4, 0.5) is 0 Å². The van der Waals surface area contributed by atoms with E-state index in [4.69, 9.17) is 9.47 Å². The highest BCUT2D eigenvalue weighted by Crippen LogP contribution is 2.73. The molecule has 0 aromatic heterocycles. The van der Waals surface area contributed by atoms with Gasteiger partial charge in [0.05, 0.1) is 17.6 Å². The van der Waals surface area contributed by atoms with Crippen LogP contribution in [0, 0.1) is 34.5 Å². The highest BCUT2D eigenvalue weighted by Gasteiger charge is 2.81. The molecule has 0 bridgehead atoms. The zero-order chi connectivity index (χ0) is 25.3. The quantitative estimate of drug-likeness (QED) is 0.406. The Morgan fingerprint density at radius 1 is 1.14 bits per heavy atom. The number of allylic oxidation sites excluding steroid dienone is 1. The van der Waals surface area contributed by atoms with E-state index >= 15 is 0 Å². The van der Waals surface area contributed by atoms with Gasteiger partial charge >= 0.3 is 5.97 Å². The molecule has 0 radical (unpaired) electrons. The summed E-state index contributed by atoms with van der Waals surface area (Å²) in [5.41, 5.74) is -1.81. The Balaban J connectivity index is 1.34. The number of cyclic esters (lactones) is 1. The SMILES string of the molecule is CC1=C(C)C(=O)O[C@@H]([C@](C)(O)[C@H]2C[C@@H](O)[C@H]3[C@@H]4C[C@H]5O[C@]56[C@@H](O)C=CC(=O)[C@]6(C)[C@H]4CC[C@@]32C)C1. The zero-order valence-electron chi connectivity index (χ0n) is 21.3. The van der Waals surface area contributed by atoms with Crippen molar-refractivity contribution >= 4 is 11.8 Å². The molecule has 6 rings (SSSR count). The minimum absolute atomic E-state index is 0.00591. The predicted molar refractivity (Wildman–Crippen MR) is 126 cm³/mol. The summed E-state index contributed by atoms with van der Waals surface area (Å²) in [5, 5.41) is 34.2. The van der Waals surface area contributed by atoms with Gasteiger partial charge in [-0.1, -0.05) is 12.5 Å². The van der Waals surface area contributed by atoms with Crippen molar-refractivity contribution in [3.63, 3.8) is 0 Å². The van der Waals surface area contributed by atoms with Gasteiger partial charge in [-0.3, -0.25) is 4.79 Å². The number of hydrogen-bond acceptors (Lipinski definition) is 7. The van der Waals surface area contributed by atoms with Gasteiger partial charge in [0.25, 0.3) is 0 Å². The van der Waals surface area contributed by atoms with Crippen molar-refractivity contribution in [2.75, 3.05) is 0 Å². The highest BCUT2D eigenvalue weighted by molar-refractivity contribution is 5.98. The minimum Gasteiger partial charge on any atom is -0.456 e. The molecule has 0 unspecified atom stereocenters. The lowest BCUT2D eigenvalue weighted by Crippen LogP contribution is -2.64. The Labute approximate surface area is 206 Å². The molecule has 2 aliphatic heterocycles. The maximum Gasteiger partial charge on any atom is 0.334 e. The summed E-state index contributed by atoms with van der Waals surface area (Å²) in [7, 11) is 0. The second-order valence-corrected chi connectivity index (χ2v) is 12.9. The average molecular weight is 487 g/mol. The van der Waals surface area contributed by atoms with E-state index in [1.807, 2.05) is 13.8 Å². The molecule has 4 aliphatic carbocycles. The maximum atomic E-state index is 13.3. The molecule has 1 spiro atoms. The first-order valence-electron chi connectivity index (χ1n) is 13.2. The third-order valence-electron chi connectivity index (χ3n) is 11.6. The van der Waals surface area contributed by atoms with Gasteiger partial charge in [0.15, 0.2) is 5.78 Å². The van der Waals surface area contributed by atoms with Gasteiger partial charge in [-0.25, -0.2) is 4.79 Å². The predicted octanol–water partition coefficient (Wildman–Crippen LogP) is 2.47. The minimum atomic E-state index is -1.30. The molecular formula is C28H38O7. The van der Waals surface area contributed by atoms with Gasteiger partial charge < -0.3 is 24.8 Å². The second kappa shape index (κ2) is 7.06. The van der Waals surface area contributed by atoms with E-state index in [1.54, 1.807) is 19.9 Å². The fourth-order valence-corrected chi connectivity index (χ4v) is 9.58. The van der Waals surface area contributed by atoms with Crippen molar-refractivity contribution in [1.82, 2.24) is 0 Å². The molecule has 192 valence electrons. The number of carbonyl (C=O) groups excluding carboxylic acids is 2. The molecule has 3 saturated carbocycles. The first-order valence-corrected chi connectivity index (χ1v) is 13.2. The van der Waals surface area contributed by atoms with Crippen molar-refractivity contribution in [2.24, 2.45) is 34.5 Å². The van der Waals surface area contributed by atoms with Gasteiger partial charge in [0, 0.05) is 12.0 Å². The summed E-state index contributed by atoms with van der Waals surface area (Å²) in [6.07, 6.45) is 3.91. The number of ketones is 1. The van der Waals surface area contributed by atoms with E-state index in [9.17, 15) is 24.9 Å². The number of esters is 1. The summed E-state index contributed by atoms with van der Waals surface area (Å²) in [6, 6.07) is 0. The molecule has 7 heteroatoms. The van der Waals surface area contributed by atoms with Crippen LogP contribution in [0.5, 0.6) is 0 Å². The standard InChI is InChI=1S/C28H38O7/c1-13-10-21(34-24(32)14(13)2)27(5,33)18-12-17(29)23-15-11-22-28(35-22)20(31)7-6-19(30)26(28,4)16(15)8-9-25(18,23)3/h6-7,15-18,20-23,29,31,33H,8-12H2,1-5H3/t15-,16+,17-,18+,20+,21-,22-,23-,25-,26+,27-,28-/m1/s1. The van der Waals surface area contributed by atoms with Crippen LogP contribution in [0.2, 0.25) is 0 Å². The van der Waals surface area contributed by atoms with Crippen LogP contribution in [0.1, 0.15) is 66.7 Å². The Morgan fingerprint density at radius 3 is 2.54 bits per heavy atom. The Kier molecular flexibility index (Phi) is 4.81. The van der Waals surface area contributed by atoms with E-state index < -0.39 is 34.9 Å². The number of aliphatic hydroxyl groups excluding tert-OH is 2. The number of ether oxygens (including phenoxy) is 2. The molecular weight excluding hydrogens is 448 g/mol. The molecule has 0 aromatic rings. The lowest BCUT2D eigenvalue weighted by molar-refractivity contribution is -0.185. The van der Waals surface area contributed by atoms with E-state index in [1.165, 1.54) is 6.08 Å². The van der Waals surface area contributed by atoms with E-state index in [0.717, 1.165) is 18.4 Å². The number of fused-ring (bicyclic) bond motifs is 4. The number of hydrogen-bond donors (Lipinski definition) is 3. The third-order valence-corrected chi connectivity index (χ3v) is 11.6. The van der Waals surface area contributed by atoms with Crippen LogP contribution in [0.25, 0.3) is 0 Å². The molecule has 12 atom stereocenters. The topological polar surface area (TPSA) is 117 Å². The van der Waals surface area contributed by atoms with Gasteiger partial charge in [-0.15, -0.1) is 0 Å². The summed E-state index contributed by atoms with van der Waals surface area (Å²) in [5.74, 6) is -0.697. The fourth-order valence-electron chi connectivity index (χ4n) is 9.58. The normalized spacial score (nSPS) is 54.3. The van der Waals surface area contributed by atoms with Crippen LogP contribution in [-0.4, -0.2) is 62.7 Å². The highest BCUT2D eigenvalue weighted by atomic mass is 16.6. The zero-order valence-corrected chi connectivity index (χ0v) is 21.3. The van der Waals surface area contributed by atoms with Crippen LogP contribution in [0.15, 0.2) is 23.3 Å². The number of aliphatic hydroxyl groups is 3. The van der Waals surface area contributed by atoms with E-state index in [0.29, 0.717) is 24.8 Å². The lowest BCUT2D eigenvalue weighted by Gasteiger charge is -2.59. The number of carbonyl (C=O) groups is 2. The molecule has 6 aliphatic rings. The number of epoxide rings is 1. The molecule has 0 amide bonds. The molecule has 35 heavy (non-hydrogen) atoms. The monoisotopic (exact) mass is 486 g/mol. The van der Waals surface area contributed by atoms with Crippen molar-refractivity contribution < 1.29 is 34.4 Å². The van der Waals surface area contributed by atoms with Crippen LogP contribution in [-0.2, 0) is 19.1 Å². The summed E-state index contributed by atoms with van der Waals surface area (Å²) in [6.45, 7) is 9.54. The van der Waals surface area contributed by atoms with E-state index in [-0.39, 0.29) is 46.9 Å². The van der Waals surface area contributed by atoms with E-state index in [2.05, 4.69) is 6.92 Å². The summed E-state index contributed by atoms with van der Waals surface area (Å²) < 4.78 is 11.9. The van der Waals surface area contributed by atoms with Crippen LogP contribution < -0.4 is 0 Å². The smallest absolute Gasteiger partial charge is 0.334 e. The molecule has 1 saturated heterocycles. The van der Waals surface area contributed by atoms with Gasteiger partial charge in [0.2, 0.25) is 0 Å². The average Bonchev–Trinajstić information content (AvgIpc) is 3.46. The molecule has 2 heterocycles. The van der Waals surface area contributed by atoms with Crippen molar-refractivity contribution in [3.05, 3.63) is 23.3 Å². The van der Waals surface area contributed by atoms with Gasteiger partial charge in [0.1, 0.15) is 23.4 Å². The van der Waals surface area contributed by atoms with Crippen LogP contribution in [0.3, 0.4) is 0 Å². The number of rotatable bonds is 2. The van der Waals surface area contributed by atoms with Gasteiger partial charge in [-0.2, -0.15) is 0 Å². The van der Waals surface area contributed by atoms with Crippen molar-refractivity contribution in [1.29, 1.82) is 0 Å². The van der Waals surface area contributed by atoms with Crippen molar-refractivity contribution in [2.45, 2.75) is 102 Å². The molecule has 3 N–H and O–H groups in total. The largest absolute Gasteiger partial charge is 0.456 e. The third kappa shape index (κ3) is 2.71. The summed E-state index contributed by atoms with van der Waals surface area (Å²) >= 11 is 0. The fraction of sp³-hybridized carbons (Fsp3) is 0.786. The molecule has 7 nitrogen and oxygen atoms in total.